The van der Waals surface area contributed by atoms with Gasteiger partial charge in [-0.15, -0.1) is 0 Å². The summed E-state index contributed by atoms with van der Waals surface area (Å²) < 4.78 is 10.7. The molecule has 0 fully saturated rings. The van der Waals surface area contributed by atoms with Crippen molar-refractivity contribution in [1.29, 1.82) is 0 Å². The zero-order valence-corrected chi connectivity index (χ0v) is 25.2. The topological polar surface area (TPSA) is 124 Å². The van der Waals surface area contributed by atoms with Crippen molar-refractivity contribution in [3.05, 3.63) is 48.0 Å². The number of benzene rings is 2. The number of alkyl carbamates (subject to hydrolysis) is 1. The van der Waals surface area contributed by atoms with E-state index in [9.17, 15) is 14.4 Å². The summed E-state index contributed by atoms with van der Waals surface area (Å²) in [5.74, 6) is -0.211. The number of anilines is 1. The lowest BCUT2D eigenvalue weighted by Crippen LogP contribution is -2.38. The first-order valence-corrected chi connectivity index (χ1v) is 14.2. The average molecular weight is 565 g/mol. The Bertz CT molecular complexity index is 1340. The van der Waals surface area contributed by atoms with Crippen LogP contribution in [0.4, 0.5) is 10.5 Å². The van der Waals surface area contributed by atoms with Gasteiger partial charge in [0, 0.05) is 42.3 Å². The van der Waals surface area contributed by atoms with Crippen LogP contribution in [0.25, 0.3) is 21.8 Å². The first-order valence-electron chi connectivity index (χ1n) is 14.2. The van der Waals surface area contributed by atoms with Crippen LogP contribution >= 0.6 is 0 Å². The predicted octanol–water partition coefficient (Wildman–Crippen LogP) is 5.88. The number of aromatic nitrogens is 1. The van der Waals surface area contributed by atoms with E-state index in [-0.39, 0.29) is 11.8 Å². The maximum Gasteiger partial charge on any atom is 0.407 e. The smallest absolute Gasteiger partial charge is 0.407 e. The van der Waals surface area contributed by atoms with Crippen molar-refractivity contribution < 1.29 is 23.9 Å². The molecule has 0 bridgehead atoms. The van der Waals surface area contributed by atoms with Crippen LogP contribution in [0.5, 0.6) is 0 Å². The summed E-state index contributed by atoms with van der Waals surface area (Å²) in [6, 6.07) is 13.2. The zero-order valence-electron chi connectivity index (χ0n) is 25.2. The molecule has 0 aliphatic rings. The van der Waals surface area contributed by atoms with Crippen LogP contribution in [0.15, 0.2) is 42.5 Å². The van der Waals surface area contributed by atoms with Gasteiger partial charge < -0.3 is 25.4 Å². The minimum Gasteiger partial charge on any atom is -0.460 e. The van der Waals surface area contributed by atoms with E-state index in [4.69, 9.17) is 15.2 Å². The van der Waals surface area contributed by atoms with Crippen molar-refractivity contribution in [2.45, 2.75) is 78.4 Å². The van der Waals surface area contributed by atoms with Crippen LogP contribution in [-0.4, -0.2) is 65.1 Å². The fraction of sp³-hybridized carbons (Fsp3) is 0.500. The van der Waals surface area contributed by atoms with Crippen molar-refractivity contribution in [3.8, 4) is 0 Å². The molecular weight excluding hydrogens is 520 g/mol. The highest BCUT2D eigenvalue weighted by Gasteiger charge is 2.18. The number of nitrogens with one attached hydrogen (secondary N) is 1. The lowest BCUT2D eigenvalue weighted by Gasteiger charge is -2.24. The van der Waals surface area contributed by atoms with E-state index >= 15 is 0 Å². The highest BCUT2D eigenvalue weighted by molar-refractivity contribution is 6.09. The third-order valence-corrected chi connectivity index (χ3v) is 6.29. The number of carbonyl (C=O) groups excluding carboxylic acids is 3. The summed E-state index contributed by atoms with van der Waals surface area (Å²) in [5, 5.41) is 4.42. The highest BCUT2D eigenvalue weighted by atomic mass is 16.6. The summed E-state index contributed by atoms with van der Waals surface area (Å²) in [6.45, 7) is 13.2. The quantitative estimate of drug-likeness (QED) is 0.159. The molecule has 0 saturated heterocycles. The highest BCUT2D eigenvalue weighted by Crippen LogP contribution is 2.29. The van der Waals surface area contributed by atoms with Crippen molar-refractivity contribution in [3.63, 3.8) is 0 Å². The van der Waals surface area contributed by atoms with Crippen molar-refractivity contribution in [2.75, 3.05) is 31.9 Å². The van der Waals surface area contributed by atoms with Gasteiger partial charge in [-0.25, -0.2) is 9.78 Å². The van der Waals surface area contributed by atoms with Crippen LogP contribution in [0.3, 0.4) is 0 Å². The number of rotatable bonds is 12. The van der Waals surface area contributed by atoms with E-state index in [0.29, 0.717) is 63.1 Å². The number of ether oxygens (including phenoxy) is 2. The summed E-state index contributed by atoms with van der Waals surface area (Å²) in [7, 11) is 0. The fourth-order valence-electron chi connectivity index (χ4n) is 4.51. The van der Waals surface area contributed by atoms with Gasteiger partial charge in [-0.2, -0.15) is 0 Å². The standard InChI is InChI=1S/C32H44N4O5/c1-31(2,3)40-28(38)14-10-19-36(20-17-34-30(39)41-32(4,5)6)18-9-13-27(37)22-15-16-26-24(21-22)29(33)23-11-7-8-12-25(23)35-26/h7-8,11-12,15-16,21H,9-10,13-14,17-20H2,1-6H3,(H2,33,35)(H,34,39). The maximum atomic E-state index is 13.1. The lowest BCUT2D eigenvalue weighted by molar-refractivity contribution is -0.155. The maximum absolute atomic E-state index is 13.1. The molecule has 2 aromatic carbocycles. The third kappa shape index (κ3) is 10.3. The Labute approximate surface area is 242 Å². The molecule has 3 aromatic rings. The molecule has 0 saturated carbocycles. The summed E-state index contributed by atoms with van der Waals surface area (Å²) >= 11 is 0. The molecule has 3 N–H and O–H groups in total. The molecule has 0 radical (unpaired) electrons. The van der Waals surface area contributed by atoms with E-state index in [1.807, 2.05) is 77.9 Å². The van der Waals surface area contributed by atoms with E-state index in [1.165, 1.54) is 0 Å². The zero-order chi connectivity index (χ0) is 30.2. The molecule has 41 heavy (non-hydrogen) atoms. The Kier molecular flexibility index (Phi) is 10.7. The minimum atomic E-state index is -0.575. The Balaban J connectivity index is 1.58. The normalized spacial score (nSPS) is 12.1. The van der Waals surface area contributed by atoms with Crippen molar-refractivity contribution in [1.82, 2.24) is 15.2 Å². The molecule has 222 valence electrons. The van der Waals surface area contributed by atoms with Crippen molar-refractivity contribution in [2.24, 2.45) is 0 Å². The summed E-state index contributed by atoms with van der Waals surface area (Å²) in [5.41, 5.74) is 8.14. The third-order valence-electron chi connectivity index (χ3n) is 6.29. The molecule has 9 heteroatoms. The molecule has 0 unspecified atom stereocenters. The van der Waals surface area contributed by atoms with E-state index < -0.39 is 17.3 Å². The number of pyridine rings is 1. The van der Waals surface area contributed by atoms with Gasteiger partial charge >= 0.3 is 12.1 Å². The average Bonchev–Trinajstić information content (AvgIpc) is 2.86. The SMILES string of the molecule is CC(C)(C)OC(=O)CCCN(CCCC(=O)c1ccc2nc3ccccc3c(N)c2c1)CCNC(=O)OC(C)(C)C. The number of esters is 1. The Morgan fingerprint density at radius 1 is 0.829 bits per heavy atom. The lowest BCUT2D eigenvalue weighted by atomic mass is 10.0. The molecular formula is C32H44N4O5. The molecule has 3 rings (SSSR count). The van der Waals surface area contributed by atoms with Gasteiger partial charge in [0.15, 0.2) is 5.78 Å². The van der Waals surface area contributed by atoms with Crippen molar-refractivity contribution >= 4 is 45.3 Å². The van der Waals surface area contributed by atoms with E-state index in [0.717, 1.165) is 21.8 Å². The number of fused-ring (bicyclic) bond motifs is 2. The second-order valence-corrected chi connectivity index (χ2v) is 12.3. The van der Waals surface area contributed by atoms with Crippen LogP contribution in [0.1, 0.15) is 77.6 Å². The molecule has 9 nitrogen and oxygen atoms in total. The summed E-state index contributed by atoms with van der Waals surface area (Å²) in [4.78, 5) is 44.1. The Morgan fingerprint density at radius 2 is 1.46 bits per heavy atom. The second kappa shape index (κ2) is 13.8. The van der Waals surface area contributed by atoms with Crippen LogP contribution in [0.2, 0.25) is 0 Å². The van der Waals surface area contributed by atoms with E-state index in [2.05, 4.69) is 15.2 Å². The number of ketones is 1. The predicted molar refractivity (Wildman–Crippen MR) is 163 cm³/mol. The number of nitrogens with zero attached hydrogens (tertiary/aromatic N) is 2. The molecule has 1 aromatic heterocycles. The number of nitrogen functional groups attached to an aromatic ring is 1. The van der Waals surface area contributed by atoms with Crippen LogP contribution < -0.4 is 11.1 Å². The first kappa shape index (κ1) is 31.8. The first-order chi connectivity index (χ1) is 19.2. The van der Waals surface area contributed by atoms with Crippen LogP contribution in [0, 0.1) is 0 Å². The Hall–Kier alpha value is -3.72. The number of nitrogens with two attached hydrogens (primary N) is 1. The second-order valence-electron chi connectivity index (χ2n) is 12.3. The van der Waals surface area contributed by atoms with E-state index in [1.54, 1.807) is 6.07 Å². The molecule has 0 aliphatic carbocycles. The van der Waals surface area contributed by atoms with Gasteiger partial charge in [0.25, 0.3) is 0 Å². The number of amides is 1. The van der Waals surface area contributed by atoms with Gasteiger partial charge in [-0.05, 0) is 91.7 Å². The molecule has 0 spiro atoms. The largest absolute Gasteiger partial charge is 0.460 e. The Morgan fingerprint density at radius 3 is 2.15 bits per heavy atom. The summed E-state index contributed by atoms with van der Waals surface area (Å²) in [6.07, 6.45) is 1.42. The van der Waals surface area contributed by atoms with Gasteiger partial charge in [0.1, 0.15) is 11.2 Å². The minimum absolute atomic E-state index is 0.0278. The molecule has 1 heterocycles. The van der Waals surface area contributed by atoms with Gasteiger partial charge in [-0.3, -0.25) is 9.59 Å². The fourth-order valence-corrected chi connectivity index (χ4v) is 4.51. The molecule has 1 amide bonds. The molecule has 0 atom stereocenters. The van der Waals surface area contributed by atoms with Gasteiger partial charge in [0.2, 0.25) is 0 Å². The monoisotopic (exact) mass is 564 g/mol. The number of hydrogen-bond acceptors (Lipinski definition) is 8. The number of carbonyl (C=O) groups is 3. The number of hydrogen-bond donors (Lipinski definition) is 2. The van der Waals surface area contributed by atoms with Gasteiger partial charge in [-0.1, -0.05) is 18.2 Å². The number of Topliss-reactive ketones (excluding diaryl/α,β-unsaturated/α-hetero) is 1. The number of para-hydroxylation sites is 1. The molecule has 0 aliphatic heterocycles. The van der Waals surface area contributed by atoms with Crippen LogP contribution in [-0.2, 0) is 14.3 Å². The van der Waals surface area contributed by atoms with Gasteiger partial charge in [0.05, 0.1) is 16.7 Å².